The maximum Gasteiger partial charge on any atom is 0.417 e. The fraction of sp³-hybridized carbons (Fsp3) is 0.444. The molecule has 1 unspecified atom stereocenters. The first-order chi connectivity index (χ1) is 12.7. The Morgan fingerprint density at radius 1 is 1.41 bits per heavy atom. The van der Waals surface area contributed by atoms with Gasteiger partial charge >= 0.3 is 12.1 Å². The van der Waals surface area contributed by atoms with Gasteiger partial charge in [-0.15, -0.1) is 0 Å². The number of carbonyl (C=O) groups excluding carboxylic acids is 1. The van der Waals surface area contributed by atoms with E-state index < -0.39 is 29.4 Å². The van der Waals surface area contributed by atoms with Crippen molar-refractivity contribution in [1.29, 1.82) is 0 Å². The number of aromatic amines is 1. The summed E-state index contributed by atoms with van der Waals surface area (Å²) in [5.74, 6) is -0.511. The van der Waals surface area contributed by atoms with Gasteiger partial charge in [-0.3, -0.25) is 9.59 Å². The maximum atomic E-state index is 13.3. The van der Waals surface area contributed by atoms with Crippen LogP contribution in [-0.4, -0.2) is 41.4 Å². The Hall–Kier alpha value is -2.55. The number of hydrogen-bond donors (Lipinski definition) is 2. The maximum absolute atomic E-state index is 13.3. The average molecular weight is 384 g/mol. The van der Waals surface area contributed by atoms with Crippen LogP contribution >= 0.6 is 0 Å². The van der Waals surface area contributed by atoms with E-state index in [2.05, 4.69) is 4.98 Å². The van der Waals surface area contributed by atoms with Gasteiger partial charge < -0.3 is 19.7 Å². The molecule has 0 saturated carbocycles. The number of ether oxygens (including phenoxy) is 1. The van der Waals surface area contributed by atoms with Gasteiger partial charge in [0, 0.05) is 36.1 Å². The first-order valence-electron chi connectivity index (χ1n) is 8.49. The highest BCUT2D eigenvalue weighted by molar-refractivity contribution is 5.86. The number of nitrogens with zero attached hydrogens (tertiary/aromatic N) is 1. The summed E-state index contributed by atoms with van der Waals surface area (Å²) in [7, 11) is 0. The molecule has 3 rings (SSSR count). The number of aliphatic hydroxyl groups excluding tert-OH is 1. The fourth-order valence-electron chi connectivity index (χ4n) is 3.48. The van der Waals surface area contributed by atoms with Crippen molar-refractivity contribution in [1.82, 2.24) is 4.98 Å². The summed E-state index contributed by atoms with van der Waals surface area (Å²) in [4.78, 5) is 26.7. The number of rotatable bonds is 4. The zero-order chi connectivity index (χ0) is 19.8. The fourth-order valence-corrected chi connectivity index (χ4v) is 3.48. The lowest BCUT2D eigenvalue weighted by Crippen LogP contribution is -2.41. The number of esters is 1. The van der Waals surface area contributed by atoms with E-state index in [1.165, 1.54) is 19.1 Å². The van der Waals surface area contributed by atoms with Crippen LogP contribution in [0.4, 0.5) is 18.9 Å². The highest BCUT2D eigenvalue weighted by Crippen LogP contribution is 2.36. The molecule has 2 atom stereocenters. The van der Waals surface area contributed by atoms with Crippen LogP contribution in [0.5, 0.6) is 0 Å². The molecule has 2 heterocycles. The molecular formula is C18H19F3N2O4. The van der Waals surface area contributed by atoms with Gasteiger partial charge in [0.25, 0.3) is 0 Å². The monoisotopic (exact) mass is 384 g/mol. The number of hydrogen-bond acceptors (Lipinski definition) is 5. The lowest BCUT2D eigenvalue weighted by atomic mass is 10.1. The van der Waals surface area contributed by atoms with E-state index in [1.54, 1.807) is 11.0 Å². The summed E-state index contributed by atoms with van der Waals surface area (Å²) in [6, 6.07) is 4.57. The van der Waals surface area contributed by atoms with Crippen LogP contribution in [0, 0.1) is 0 Å². The summed E-state index contributed by atoms with van der Waals surface area (Å²) in [6.45, 7) is 1.62. The molecule has 1 aromatic heterocycles. The Kier molecular flexibility index (Phi) is 5.14. The van der Waals surface area contributed by atoms with E-state index in [0.29, 0.717) is 24.7 Å². The van der Waals surface area contributed by atoms with E-state index in [0.717, 1.165) is 6.42 Å². The van der Waals surface area contributed by atoms with Gasteiger partial charge in [-0.2, -0.15) is 13.2 Å². The summed E-state index contributed by atoms with van der Waals surface area (Å²) in [5, 5.41) is 10.2. The Balaban J connectivity index is 1.97. The van der Waals surface area contributed by atoms with Gasteiger partial charge in [0.2, 0.25) is 5.56 Å². The number of nitrogens with one attached hydrogen (secondary N) is 1. The number of pyridine rings is 1. The quantitative estimate of drug-likeness (QED) is 0.792. The van der Waals surface area contributed by atoms with Crippen molar-refractivity contribution in [3.05, 3.63) is 40.2 Å². The molecule has 0 radical (unpaired) electrons. The first kappa shape index (κ1) is 19.2. The minimum atomic E-state index is -4.66. The number of halogens is 3. The van der Waals surface area contributed by atoms with Gasteiger partial charge in [-0.25, -0.2) is 0 Å². The molecule has 1 aliphatic rings. The number of aromatic nitrogens is 1. The Morgan fingerprint density at radius 3 is 2.81 bits per heavy atom. The largest absolute Gasteiger partial charge is 0.463 e. The number of alkyl halides is 3. The minimum Gasteiger partial charge on any atom is -0.463 e. The van der Waals surface area contributed by atoms with Gasteiger partial charge in [0.1, 0.15) is 12.7 Å². The lowest BCUT2D eigenvalue weighted by molar-refractivity contribution is -0.144. The number of aliphatic hydroxyl groups is 1. The number of H-pyrrole nitrogens is 1. The van der Waals surface area contributed by atoms with Crippen molar-refractivity contribution in [3.63, 3.8) is 0 Å². The second-order valence-electron chi connectivity index (χ2n) is 6.55. The molecule has 9 heteroatoms. The van der Waals surface area contributed by atoms with Crippen molar-refractivity contribution in [2.75, 3.05) is 18.1 Å². The van der Waals surface area contributed by atoms with Gasteiger partial charge in [0.15, 0.2) is 0 Å². The van der Waals surface area contributed by atoms with Gasteiger partial charge in [0.05, 0.1) is 11.6 Å². The van der Waals surface area contributed by atoms with Crippen molar-refractivity contribution < 1.29 is 27.8 Å². The lowest BCUT2D eigenvalue weighted by Gasteiger charge is -2.30. The van der Waals surface area contributed by atoms with Crippen molar-refractivity contribution >= 4 is 22.6 Å². The molecule has 0 bridgehead atoms. The SMILES string of the molecule is CC(=O)OC[C@H](O)C1CCCN1c1ccc2[nH]c(=O)cc(C(F)(F)F)c2c1. The summed E-state index contributed by atoms with van der Waals surface area (Å²) in [6.07, 6.45) is -4.25. The zero-order valence-electron chi connectivity index (χ0n) is 14.5. The molecule has 146 valence electrons. The predicted molar refractivity (Wildman–Crippen MR) is 92.6 cm³/mol. The Bertz CT molecular complexity index is 910. The normalized spacial score (nSPS) is 18.7. The van der Waals surface area contributed by atoms with Crippen LogP contribution in [0.2, 0.25) is 0 Å². The molecule has 1 saturated heterocycles. The van der Waals surface area contributed by atoms with Crippen molar-refractivity contribution in [2.45, 2.75) is 38.1 Å². The van der Waals surface area contributed by atoms with Crippen molar-refractivity contribution in [3.8, 4) is 0 Å². The minimum absolute atomic E-state index is 0.0924. The second-order valence-corrected chi connectivity index (χ2v) is 6.55. The molecule has 1 aromatic carbocycles. The molecule has 1 fully saturated rings. The predicted octanol–water partition coefficient (Wildman–Crippen LogP) is 2.44. The molecule has 1 aliphatic heterocycles. The van der Waals surface area contributed by atoms with Crippen LogP contribution in [0.25, 0.3) is 10.9 Å². The van der Waals surface area contributed by atoms with Crippen LogP contribution in [0.1, 0.15) is 25.3 Å². The van der Waals surface area contributed by atoms with Crippen molar-refractivity contribution in [2.24, 2.45) is 0 Å². The number of anilines is 1. The molecule has 2 N–H and O–H groups in total. The second kappa shape index (κ2) is 7.22. The zero-order valence-corrected chi connectivity index (χ0v) is 14.5. The third-order valence-electron chi connectivity index (χ3n) is 4.66. The third-order valence-corrected chi connectivity index (χ3v) is 4.66. The van der Waals surface area contributed by atoms with E-state index in [9.17, 15) is 27.9 Å². The standard InChI is InChI=1S/C18H19F3N2O4/c1-10(24)27-9-16(25)15-3-2-6-23(15)11-4-5-14-12(7-11)13(18(19,20)21)8-17(26)22-14/h4-5,7-8,15-16,25H,2-3,6,9H2,1H3,(H,22,26)/t15?,16-/m0/s1. The van der Waals surface area contributed by atoms with Gasteiger partial charge in [-0.1, -0.05) is 0 Å². The van der Waals surface area contributed by atoms with Gasteiger partial charge in [-0.05, 0) is 31.0 Å². The molecule has 0 aliphatic carbocycles. The number of fused-ring (bicyclic) bond motifs is 1. The Labute approximate surface area is 152 Å². The smallest absolute Gasteiger partial charge is 0.417 e. The first-order valence-corrected chi connectivity index (χ1v) is 8.49. The van der Waals surface area contributed by atoms with Crippen LogP contribution < -0.4 is 10.5 Å². The third kappa shape index (κ3) is 4.08. The van der Waals surface area contributed by atoms with E-state index in [-0.39, 0.29) is 23.6 Å². The van der Waals surface area contributed by atoms with E-state index in [1.807, 2.05) is 0 Å². The molecule has 27 heavy (non-hydrogen) atoms. The highest BCUT2D eigenvalue weighted by atomic mass is 19.4. The summed E-state index contributed by atoms with van der Waals surface area (Å²) in [5.41, 5.74) is -1.23. The topological polar surface area (TPSA) is 82.6 Å². The van der Waals surface area contributed by atoms with E-state index in [4.69, 9.17) is 4.74 Å². The molecule has 0 amide bonds. The molecule has 0 spiro atoms. The number of benzene rings is 1. The molecule has 6 nitrogen and oxygen atoms in total. The highest BCUT2D eigenvalue weighted by Gasteiger charge is 2.35. The van der Waals surface area contributed by atoms with Crippen LogP contribution in [0.15, 0.2) is 29.1 Å². The molecular weight excluding hydrogens is 365 g/mol. The van der Waals surface area contributed by atoms with E-state index >= 15 is 0 Å². The Morgan fingerprint density at radius 2 is 2.15 bits per heavy atom. The molecule has 2 aromatic rings. The average Bonchev–Trinajstić information content (AvgIpc) is 3.07. The summed E-state index contributed by atoms with van der Waals surface area (Å²) < 4.78 is 44.8. The van der Waals surface area contributed by atoms with Crippen LogP contribution in [0.3, 0.4) is 0 Å². The summed E-state index contributed by atoms with van der Waals surface area (Å²) >= 11 is 0. The number of carbonyl (C=O) groups is 1. The van der Waals surface area contributed by atoms with Crippen LogP contribution in [-0.2, 0) is 15.7 Å².